The number of para-hydroxylation sites is 2. The van der Waals surface area contributed by atoms with Crippen molar-refractivity contribution in [1.82, 2.24) is 4.57 Å². The highest BCUT2D eigenvalue weighted by Crippen LogP contribution is 2.51. The monoisotopic (exact) mass is 559 g/mol. The second-order valence-electron chi connectivity index (χ2n) is 12.8. The molecule has 0 atom stereocenters. The molecule has 2 aromatic heterocycles. The van der Waals surface area contributed by atoms with E-state index in [-0.39, 0.29) is 5.41 Å². The van der Waals surface area contributed by atoms with Gasteiger partial charge in [-0.15, -0.1) is 11.3 Å². The predicted octanol–water partition coefficient (Wildman–Crippen LogP) is 11.2. The third kappa shape index (κ3) is 3.25. The molecule has 0 amide bonds. The van der Waals surface area contributed by atoms with Gasteiger partial charge in [-0.2, -0.15) is 0 Å². The molecule has 0 bridgehead atoms. The number of aryl methyl sites for hydroxylation is 2. The van der Waals surface area contributed by atoms with Crippen LogP contribution >= 0.6 is 11.3 Å². The second-order valence-corrected chi connectivity index (χ2v) is 13.9. The number of hydrogen-bond acceptors (Lipinski definition) is 1. The van der Waals surface area contributed by atoms with Crippen LogP contribution < -0.4 is 0 Å². The first-order chi connectivity index (χ1) is 20.5. The maximum Gasteiger partial charge on any atom is 0.0566 e. The Morgan fingerprint density at radius 3 is 2.36 bits per heavy atom. The number of hydrogen-bond donors (Lipinski definition) is 0. The van der Waals surface area contributed by atoms with Crippen LogP contribution in [-0.2, 0) is 18.3 Å². The Hall–Kier alpha value is -4.14. The Morgan fingerprint density at radius 1 is 0.643 bits per heavy atom. The lowest BCUT2D eigenvalue weighted by molar-refractivity contribution is 0.661. The topological polar surface area (TPSA) is 4.93 Å². The van der Waals surface area contributed by atoms with Crippen molar-refractivity contribution in [2.24, 2.45) is 0 Å². The van der Waals surface area contributed by atoms with E-state index in [2.05, 4.69) is 122 Å². The van der Waals surface area contributed by atoms with Gasteiger partial charge in [0.15, 0.2) is 0 Å². The molecule has 0 radical (unpaired) electrons. The molecule has 2 aliphatic carbocycles. The van der Waals surface area contributed by atoms with E-state index in [1.165, 1.54) is 101 Å². The largest absolute Gasteiger partial charge is 0.312 e. The fraction of sp³-hybridized carbons (Fsp3) is 0.200. The normalized spacial score (nSPS) is 15.3. The standard InChI is InChI=1S/C40H33NS/c1-24-11-10-15-26(39(24)41-35-17-8-5-13-28(35)29-14-6-9-18-36(29)41)25-19-20-37-31(21-25)32-22-30-27-12-4-7-16-33(27)40(2,3)34(30)23-38(32)42-37/h4-5,7-8,10-13,15-17,19-23H,6,9,14,18H2,1-3H3. The molecule has 5 aromatic carbocycles. The minimum atomic E-state index is 0.0244. The van der Waals surface area contributed by atoms with Crippen molar-refractivity contribution in [2.45, 2.75) is 51.9 Å². The van der Waals surface area contributed by atoms with Crippen LogP contribution in [-0.4, -0.2) is 4.57 Å². The van der Waals surface area contributed by atoms with Crippen LogP contribution in [0, 0.1) is 6.92 Å². The van der Waals surface area contributed by atoms with E-state index in [4.69, 9.17) is 0 Å². The van der Waals surface area contributed by atoms with Crippen molar-refractivity contribution in [1.29, 1.82) is 0 Å². The lowest BCUT2D eigenvalue weighted by atomic mass is 9.82. The van der Waals surface area contributed by atoms with E-state index < -0.39 is 0 Å². The minimum Gasteiger partial charge on any atom is -0.312 e. The van der Waals surface area contributed by atoms with Crippen molar-refractivity contribution in [3.05, 3.63) is 125 Å². The molecule has 1 nitrogen and oxygen atoms in total. The molecule has 0 unspecified atom stereocenters. The molecule has 0 saturated carbocycles. The van der Waals surface area contributed by atoms with E-state index in [1.807, 2.05) is 11.3 Å². The summed E-state index contributed by atoms with van der Waals surface area (Å²) in [4.78, 5) is 0. The van der Waals surface area contributed by atoms with Gasteiger partial charge in [0.05, 0.1) is 11.2 Å². The second kappa shape index (κ2) is 8.69. The van der Waals surface area contributed by atoms with Gasteiger partial charge < -0.3 is 4.57 Å². The molecule has 0 spiro atoms. The van der Waals surface area contributed by atoms with Crippen molar-refractivity contribution in [2.75, 3.05) is 0 Å². The number of aromatic nitrogens is 1. The molecule has 0 aliphatic heterocycles. The van der Waals surface area contributed by atoms with Crippen LogP contribution in [0.4, 0.5) is 0 Å². The van der Waals surface area contributed by atoms with Gasteiger partial charge in [-0.05, 0) is 102 Å². The van der Waals surface area contributed by atoms with Crippen molar-refractivity contribution in [3.8, 4) is 27.9 Å². The van der Waals surface area contributed by atoms with Gasteiger partial charge in [-0.3, -0.25) is 0 Å². The van der Waals surface area contributed by atoms with Gasteiger partial charge in [-0.1, -0.05) is 80.6 Å². The number of thiophene rings is 1. The van der Waals surface area contributed by atoms with E-state index in [9.17, 15) is 0 Å². The lowest BCUT2D eigenvalue weighted by Gasteiger charge is -2.21. The first kappa shape index (κ1) is 24.5. The maximum absolute atomic E-state index is 2.61. The summed E-state index contributed by atoms with van der Waals surface area (Å²) in [5.74, 6) is 0. The molecule has 7 aromatic rings. The van der Waals surface area contributed by atoms with Gasteiger partial charge in [0.2, 0.25) is 0 Å². The number of fused-ring (bicyclic) bond motifs is 9. The average Bonchev–Trinajstić information content (AvgIpc) is 3.62. The third-order valence-corrected chi connectivity index (χ3v) is 11.3. The Labute approximate surface area is 251 Å². The van der Waals surface area contributed by atoms with Gasteiger partial charge in [0.1, 0.15) is 0 Å². The van der Waals surface area contributed by atoms with Crippen molar-refractivity contribution < 1.29 is 0 Å². The zero-order valence-corrected chi connectivity index (χ0v) is 25.2. The van der Waals surface area contributed by atoms with Gasteiger partial charge in [0, 0.05) is 42.2 Å². The van der Waals surface area contributed by atoms with Gasteiger partial charge in [-0.25, -0.2) is 0 Å². The summed E-state index contributed by atoms with van der Waals surface area (Å²) >= 11 is 1.93. The Morgan fingerprint density at radius 2 is 1.43 bits per heavy atom. The average molecular weight is 560 g/mol. The highest BCUT2D eigenvalue weighted by molar-refractivity contribution is 7.25. The Kier molecular flexibility index (Phi) is 5.06. The Balaban J connectivity index is 1.29. The van der Waals surface area contributed by atoms with Crippen LogP contribution in [0.3, 0.4) is 0 Å². The fourth-order valence-electron chi connectivity index (χ4n) is 8.08. The first-order valence-corrected chi connectivity index (χ1v) is 16.1. The smallest absolute Gasteiger partial charge is 0.0566 e. The predicted molar refractivity (Wildman–Crippen MR) is 181 cm³/mol. The van der Waals surface area contributed by atoms with Crippen LogP contribution in [0.2, 0.25) is 0 Å². The van der Waals surface area contributed by atoms with Gasteiger partial charge in [0.25, 0.3) is 0 Å². The van der Waals surface area contributed by atoms with Crippen LogP contribution in [0.1, 0.15) is 54.6 Å². The molecule has 2 heteroatoms. The zero-order valence-electron chi connectivity index (χ0n) is 24.4. The number of nitrogens with zero attached hydrogens (tertiary/aromatic N) is 1. The van der Waals surface area contributed by atoms with Crippen molar-refractivity contribution >= 4 is 42.4 Å². The molecule has 0 fully saturated rings. The first-order valence-electron chi connectivity index (χ1n) is 15.3. The van der Waals surface area contributed by atoms with E-state index >= 15 is 0 Å². The molecule has 2 aliphatic rings. The van der Waals surface area contributed by atoms with Crippen molar-refractivity contribution in [3.63, 3.8) is 0 Å². The molecular formula is C40H33NS. The summed E-state index contributed by atoms with van der Waals surface area (Å²) in [5.41, 5.74) is 15.4. The van der Waals surface area contributed by atoms with Gasteiger partial charge >= 0.3 is 0 Å². The lowest BCUT2D eigenvalue weighted by Crippen LogP contribution is -2.14. The highest BCUT2D eigenvalue weighted by atomic mass is 32.1. The molecule has 42 heavy (non-hydrogen) atoms. The minimum absolute atomic E-state index is 0.0244. The summed E-state index contributed by atoms with van der Waals surface area (Å²) in [5, 5.41) is 4.17. The maximum atomic E-state index is 2.61. The zero-order chi connectivity index (χ0) is 28.2. The summed E-state index contributed by atoms with van der Waals surface area (Å²) in [6, 6.07) is 37.0. The van der Waals surface area contributed by atoms with Crippen LogP contribution in [0.5, 0.6) is 0 Å². The quantitative estimate of drug-likeness (QED) is 0.198. The van der Waals surface area contributed by atoms with E-state index in [0.29, 0.717) is 0 Å². The summed E-state index contributed by atoms with van der Waals surface area (Å²) in [6.07, 6.45) is 4.88. The number of rotatable bonds is 2. The summed E-state index contributed by atoms with van der Waals surface area (Å²) < 4.78 is 5.36. The van der Waals surface area contributed by atoms with Crippen LogP contribution in [0.15, 0.2) is 97.1 Å². The highest BCUT2D eigenvalue weighted by Gasteiger charge is 2.35. The Bertz CT molecular complexity index is 2240. The molecule has 2 heterocycles. The fourth-order valence-corrected chi connectivity index (χ4v) is 9.19. The van der Waals surface area contributed by atoms with Crippen LogP contribution in [0.25, 0.3) is 59.0 Å². The summed E-state index contributed by atoms with van der Waals surface area (Å²) in [6.45, 7) is 7.03. The molecular weight excluding hydrogens is 527 g/mol. The molecule has 204 valence electrons. The van der Waals surface area contributed by atoms with E-state index in [1.54, 1.807) is 5.56 Å². The third-order valence-electron chi connectivity index (χ3n) is 10.1. The molecule has 0 saturated heterocycles. The molecule has 9 rings (SSSR count). The summed E-state index contributed by atoms with van der Waals surface area (Å²) in [7, 11) is 0. The van der Waals surface area contributed by atoms with E-state index in [0.717, 1.165) is 6.42 Å². The molecule has 0 N–H and O–H groups in total. The SMILES string of the molecule is Cc1cccc(-c2ccc3sc4cc5c(cc4c3c2)-c2ccccc2C5(C)C)c1-n1c2c(c3ccccc31)CCCC2. The number of benzene rings is 5.